The van der Waals surface area contributed by atoms with Crippen molar-refractivity contribution in [1.82, 2.24) is 19.5 Å². The number of fused-ring (bicyclic) bond motifs is 1. The van der Waals surface area contributed by atoms with Gasteiger partial charge in [0.1, 0.15) is 17.8 Å². The predicted molar refractivity (Wildman–Crippen MR) is 88.5 cm³/mol. The van der Waals surface area contributed by atoms with E-state index >= 15 is 0 Å². The molecule has 4 rings (SSSR count). The van der Waals surface area contributed by atoms with Crippen molar-refractivity contribution in [3.8, 4) is 10.6 Å². The van der Waals surface area contributed by atoms with Crippen molar-refractivity contribution >= 4 is 22.8 Å². The fourth-order valence-electron chi connectivity index (χ4n) is 2.68. The summed E-state index contributed by atoms with van der Waals surface area (Å²) < 4.78 is 3.00. The highest BCUT2D eigenvalue weighted by Crippen LogP contribution is 2.23. The SMILES string of the molecule is O=C(Cn1ccn2nc(-c3cccs3)cc2c1=O)NC1CCC1. The number of aromatic nitrogens is 3. The average Bonchev–Trinajstić information content (AvgIpc) is 3.14. The van der Waals surface area contributed by atoms with Crippen LogP contribution >= 0.6 is 11.3 Å². The summed E-state index contributed by atoms with van der Waals surface area (Å²) in [6.07, 6.45) is 6.56. The van der Waals surface area contributed by atoms with Crippen LogP contribution in [0.25, 0.3) is 16.1 Å². The van der Waals surface area contributed by atoms with E-state index < -0.39 is 0 Å². The van der Waals surface area contributed by atoms with Crippen LogP contribution in [-0.4, -0.2) is 26.1 Å². The van der Waals surface area contributed by atoms with Crippen LogP contribution in [0.4, 0.5) is 0 Å². The molecule has 1 aliphatic rings. The Morgan fingerprint density at radius 3 is 2.96 bits per heavy atom. The van der Waals surface area contributed by atoms with Gasteiger partial charge in [0.15, 0.2) is 0 Å². The van der Waals surface area contributed by atoms with Crippen LogP contribution in [0.15, 0.2) is 40.8 Å². The van der Waals surface area contributed by atoms with E-state index in [-0.39, 0.29) is 24.1 Å². The standard InChI is InChI=1S/C16H16N4O2S/c21-15(17-11-3-1-4-11)10-19-6-7-20-13(16(19)22)9-12(18-20)14-5-2-8-23-14/h2,5-9,11H,1,3-4,10H2,(H,17,21). The van der Waals surface area contributed by atoms with Crippen LogP contribution in [0.1, 0.15) is 19.3 Å². The molecule has 1 saturated carbocycles. The first kappa shape index (κ1) is 14.2. The highest BCUT2D eigenvalue weighted by molar-refractivity contribution is 7.13. The van der Waals surface area contributed by atoms with Crippen LogP contribution in [0.5, 0.6) is 0 Å². The third-order valence-corrected chi connectivity index (χ3v) is 5.05. The lowest BCUT2D eigenvalue weighted by atomic mass is 9.93. The van der Waals surface area contributed by atoms with Gasteiger partial charge in [-0.1, -0.05) is 6.07 Å². The second-order valence-electron chi connectivity index (χ2n) is 5.76. The van der Waals surface area contributed by atoms with Crippen molar-refractivity contribution in [2.75, 3.05) is 0 Å². The lowest BCUT2D eigenvalue weighted by Gasteiger charge is -2.26. The molecule has 118 valence electrons. The highest BCUT2D eigenvalue weighted by atomic mass is 32.1. The van der Waals surface area contributed by atoms with E-state index in [4.69, 9.17) is 0 Å². The lowest BCUT2D eigenvalue weighted by molar-refractivity contribution is -0.122. The Bertz CT molecular complexity index is 906. The maximum atomic E-state index is 12.5. The third-order valence-electron chi connectivity index (χ3n) is 4.16. The smallest absolute Gasteiger partial charge is 0.277 e. The van der Waals surface area contributed by atoms with Crippen LogP contribution in [-0.2, 0) is 11.3 Å². The summed E-state index contributed by atoms with van der Waals surface area (Å²) in [5, 5.41) is 9.34. The summed E-state index contributed by atoms with van der Waals surface area (Å²) >= 11 is 1.58. The Labute approximate surface area is 136 Å². The molecule has 0 saturated heterocycles. The highest BCUT2D eigenvalue weighted by Gasteiger charge is 2.19. The van der Waals surface area contributed by atoms with Gasteiger partial charge in [-0.05, 0) is 36.8 Å². The fourth-order valence-corrected chi connectivity index (χ4v) is 3.36. The van der Waals surface area contributed by atoms with Crippen LogP contribution < -0.4 is 10.9 Å². The molecule has 0 radical (unpaired) electrons. The predicted octanol–water partition coefficient (Wildman–Crippen LogP) is 1.89. The number of carbonyl (C=O) groups excluding carboxylic acids is 1. The second-order valence-corrected chi connectivity index (χ2v) is 6.71. The molecule has 0 unspecified atom stereocenters. The summed E-state index contributed by atoms with van der Waals surface area (Å²) in [5.41, 5.74) is 1.05. The first-order chi connectivity index (χ1) is 11.2. The van der Waals surface area contributed by atoms with E-state index in [1.807, 2.05) is 17.5 Å². The third kappa shape index (κ3) is 2.68. The van der Waals surface area contributed by atoms with Gasteiger partial charge < -0.3 is 9.88 Å². The van der Waals surface area contributed by atoms with E-state index in [9.17, 15) is 9.59 Å². The van der Waals surface area contributed by atoms with Gasteiger partial charge in [-0.3, -0.25) is 9.59 Å². The number of thiophene rings is 1. The topological polar surface area (TPSA) is 68.4 Å². The monoisotopic (exact) mass is 328 g/mol. The fraction of sp³-hybridized carbons (Fsp3) is 0.312. The minimum Gasteiger partial charge on any atom is -0.352 e. The number of carbonyl (C=O) groups is 1. The number of nitrogens with zero attached hydrogens (tertiary/aromatic N) is 3. The molecule has 0 aliphatic heterocycles. The zero-order valence-electron chi connectivity index (χ0n) is 12.4. The molecular weight excluding hydrogens is 312 g/mol. The number of hydrogen-bond acceptors (Lipinski definition) is 4. The van der Waals surface area contributed by atoms with Gasteiger partial charge in [-0.15, -0.1) is 11.3 Å². The van der Waals surface area contributed by atoms with Gasteiger partial charge in [-0.25, -0.2) is 4.52 Å². The molecule has 3 aromatic heterocycles. The largest absolute Gasteiger partial charge is 0.352 e. The van der Waals surface area contributed by atoms with Gasteiger partial charge in [0.25, 0.3) is 5.56 Å². The van der Waals surface area contributed by atoms with Gasteiger partial charge >= 0.3 is 0 Å². The first-order valence-corrected chi connectivity index (χ1v) is 8.51. The first-order valence-electron chi connectivity index (χ1n) is 7.63. The zero-order valence-corrected chi connectivity index (χ0v) is 13.3. The van der Waals surface area contributed by atoms with Gasteiger partial charge in [0.05, 0.1) is 4.88 Å². The molecular formula is C16H16N4O2S. The average molecular weight is 328 g/mol. The van der Waals surface area contributed by atoms with Crippen molar-refractivity contribution < 1.29 is 4.79 Å². The second kappa shape index (κ2) is 5.66. The molecule has 1 fully saturated rings. The molecule has 1 N–H and O–H groups in total. The van der Waals surface area contributed by atoms with Crippen LogP contribution in [0, 0.1) is 0 Å². The Morgan fingerprint density at radius 2 is 2.26 bits per heavy atom. The molecule has 0 bridgehead atoms. The summed E-state index contributed by atoms with van der Waals surface area (Å²) in [5.74, 6) is -0.112. The summed E-state index contributed by atoms with van der Waals surface area (Å²) in [6, 6.07) is 5.97. The van der Waals surface area contributed by atoms with Crippen molar-refractivity contribution in [3.63, 3.8) is 0 Å². The molecule has 3 aromatic rings. The van der Waals surface area contributed by atoms with Crippen molar-refractivity contribution in [2.45, 2.75) is 31.8 Å². The molecule has 1 amide bonds. The number of hydrogen-bond donors (Lipinski definition) is 1. The molecule has 0 atom stereocenters. The van der Waals surface area contributed by atoms with Gasteiger partial charge in [0, 0.05) is 18.4 Å². The molecule has 3 heterocycles. The maximum absolute atomic E-state index is 12.5. The van der Waals surface area contributed by atoms with E-state index in [2.05, 4.69) is 10.4 Å². The molecule has 7 heteroatoms. The van der Waals surface area contributed by atoms with E-state index in [1.165, 1.54) is 4.57 Å². The number of amides is 1. The molecule has 0 spiro atoms. The van der Waals surface area contributed by atoms with Crippen molar-refractivity contribution in [2.24, 2.45) is 0 Å². The zero-order chi connectivity index (χ0) is 15.8. The summed E-state index contributed by atoms with van der Waals surface area (Å²) in [6.45, 7) is 0.0470. The summed E-state index contributed by atoms with van der Waals surface area (Å²) in [7, 11) is 0. The van der Waals surface area contributed by atoms with Crippen LogP contribution in [0.2, 0.25) is 0 Å². The Morgan fingerprint density at radius 1 is 1.39 bits per heavy atom. The van der Waals surface area contributed by atoms with Gasteiger partial charge in [0.2, 0.25) is 5.91 Å². The van der Waals surface area contributed by atoms with E-state index in [0.717, 1.165) is 29.8 Å². The Kier molecular flexibility index (Phi) is 3.49. The summed E-state index contributed by atoms with van der Waals surface area (Å²) in [4.78, 5) is 25.6. The molecule has 0 aromatic carbocycles. The maximum Gasteiger partial charge on any atom is 0.277 e. The molecule has 6 nitrogen and oxygen atoms in total. The van der Waals surface area contributed by atoms with Crippen molar-refractivity contribution in [1.29, 1.82) is 0 Å². The molecule has 1 aliphatic carbocycles. The quantitative estimate of drug-likeness (QED) is 0.795. The lowest BCUT2D eigenvalue weighted by Crippen LogP contribution is -2.42. The van der Waals surface area contributed by atoms with Crippen molar-refractivity contribution in [3.05, 3.63) is 46.3 Å². The van der Waals surface area contributed by atoms with Gasteiger partial charge in [-0.2, -0.15) is 5.10 Å². The Hall–Kier alpha value is -2.41. The normalized spacial score (nSPS) is 14.8. The van der Waals surface area contributed by atoms with E-state index in [0.29, 0.717) is 5.52 Å². The number of rotatable bonds is 4. The minimum atomic E-state index is -0.202. The Balaban J connectivity index is 1.62. The van der Waals surface area contributed by atoms with Crippen LogP contribution in [0.3, 0.4) is 0 Å². The van der Waals surface area contributed by atoms with E-state index in [1.54, 1.807) is 34.3 Å². The minimum absolute atomic E-state index is 0.0470. The molecule has 23 heavy (non-hydrogen) atoms. The number of nitrogens with one attached hydrogen (secondary N) is 1.